The fourth-order valence-corrected chi connectivity index (χ4v) is 3.96. The highest BCUT2D eigenvalue weighted by molar-refractivity contribution is 5.34. The molecule has 2 aliphatic rings. The molecule has 138 valence electrons. The average Bonchev–Trinajstić information content (AvgIpc) is 2.67. The zero-order valence-corrected chi connectivity index (χ0v) is 16.0. The highest BCUT2D eigenvalue weighted by Gasteiger charge is 2.25. The highest BCUT2D eigenvalue weighted by Crippen LogP contribution is 2.34. The van der Waals surface area contributed by atoms with Gasteiger partial charge >= 0.3 is 0 Å². The van der Waals surface area contributed by atoms with Gasteiger partial charge in [-0.2, -0.15) is 0 Å². The molecule has 4 heterocycles. The number of rotatable bonds is 4. The molecule has 0 N–H and O–H groups in total. The van der Waals surface area contributed by atoms with Crippen LogP contribution in [0.15, 0.2) is 24.4 Å². The van der Waals surface area contributed by atoms with Crippen molar-refractivity contribution in [1.29, 1.82) is 0 Å². The molecule has 0 radical (unpaired) electrons. The van der Waals surface area contributed by atoms with Crippen LogP contribution in [0.25, 0.3) is 0 Å². The third-order valence-electron chi connectivity index (χ3n) is 5.53. The number of aryl methyl sites for hydroxylation is 1. The van der Waals surface area contributed by atoms with E-state index >= 15 is 0 Å². The molecular weight excluding hydrogens is 324 g/mol. The number of aromatic nitrogens is 2. The molecule has 2 atom stereocenters. The second-order valence-electron chi connectivity index (χ2n) is 8.04. The molecule has 4 heteroatoms. The van der Waals surface area contributed by atoms with Gasteiger partial charge in [-0.05, 0) is 67.2 Å². The lowest BCUT2D eigenvalue weighted by Gasteiger charge is -2.27. The summed E-state index contributed by atoms with van der Waals surface area (Å²) in [5.41, 5.74) is 4.84. The Morgan fingerprint density at radius 1 is 1.19 bits per heavy atom. The first-order valence-corrected chi connectivity index (χ1v) is 9.84. The smallest absolute Gasteiger partial charge is 0.216 e. The maximum absolute atomic E-state index is 6.00. The van der Waals surface area contributed by atoms with Crippen LogP contribution < -0.4 is 9.47 Å². The van der Waals surface area contributed by atoms with Crippen LogP contribution in [0.5, 0.6) is 11.6 Å². The maximum atomic E-state index is 6.00. The van der Waals surface area contributed by atoms with Crippen molar-refractivity contribution in [2.45, 2.75) is 58.3 Å². The summed E-state index contributed by atoms with van der Waals surface area (Å²) >= 11 is 0. The third-order valence-corrected chi connectivity index (χ3v) is 5.53. The Hall–Kier alpha value is -2.10. The summed E-state index contributed by atoms with van der Waals surface area (Å²) in [7, 11) is 0. The fraction of sp³-hybridized carbons (Fsp3) is 0.545. The lowest BCUT2D eigenvalue weighted by Crippen LogP contribution is -2.24. The van der Waals surface area contributed by atoms with E-state index in [9.17, 15) is 0 Å². The van der Waals surface area contributed by atoms with Crippen LogP contribution in [0.4, 0.5) is 0 Å². The molecule has 2 aromatic heterocycles. The molecule has 0 spiro atoms. The minimum absolute atomic E-state index is 0.448. The number of hydrogen-bond donors (Lipinski definition) is 0. The van der Waals surface area contributed by atoms with Crippen molar-refractivity contribution in [2.24, 2.45) is 5.92 Å². The van der Waals surface area contributed by atoms with E-state index < -0.39 is 0 Å². The summed E-state index contributed by atoms with van der Waals surface area (Å²) in [5, 5.41) is 0. The van der Waals surface area contributed by atoms with Crippen molar-refractivity contribution < 1.29 is 9.47 Å². The van der Waals surface area contributed by atoms with Gasteiger partial charge in [-0.3, -0.25) is 4.98 Å². The number of ether oxygens (including phenoxy) is 2. The van der Waals surface area contributed by atoms with Crippen LogP contribution in [0.1, 0.15) is 68.0 Å². The van der Waals surface area contributed by atoms with Gasteiger partial charge in [0.15, 0.2) is 0 Å². The van der Waals surface area contributed by atoms with Gasteiger partial charge in [0.2, 0.25) is 5.88 Å². The molecule has 0 saturated heterocycles. The van der Waals surface area contributed by atoms with Crippen LogP contribution >= 0.6 is 0 Å². The van der Waals surface area contributed by atoms with Crippen molar-refractivity contribution in [3.05, 3.63) is 46.9 Å². The molecule has 26 heavy (non-hydrogen) atoms. The molecule has 4 rings (SSSR count). The molecular formula is C22H28N2O2. The summed E-state index contributed by atoms with van der Waals surface area (Å²) in [6.07, 6.45) is 6.24. The lowest BCUT2D eigenvalue weighted by molar-refractivity contribution is 0.204. The van der Waals surface area contributed by atoms with E-state index in [4.69, 9.17) is 14.5 Å². The van der Waals surface area contributed by atoms with E-state index in [1.54, 1.807) is 0 Å². The average molecular weight is 352 g/mol. The summed E-state index contributed by atoms with van der Waals surface area (Å²) in [4.78, 5) is 9.38. The van der Waals surface area contributed by atoms with Crippen molar-refractivity contribution in [2.75, 3.05) is 13.2 Å². The fourth-order valence-electron chi connectivity index (χ4n) is 3.96. The first kappa shape index (κ1) is 17.3. The number of pyridine rings is 2. The van der Waals surface area contributed by atoms with Gasteiger partial charge in [0.1, 0.15) is 5.75 Å². The summed E-state index contributed by atoms with van der Waals surface area (Å²) < 4.78 is 11.6. The van der Waals surface area contributed by atoms with E-state index in [1.165, 1.54) is 11.1 Å². The Morgan fingerprint density at radius 2 is 2.08 bits per heavy atom. The van der Waals surface area contributed by atoms with Gasteiger partial charge in [-0.1, -0.05) is 20.8 Å². The third kappa shape index (κ3) is 3.55. The normalized spacial score (nSPS) is 19.9. The van der Waals surface area contributed by atoms with Gasteiger partial charge in [-0.25, -0.2) is 4.98 Å². The molecule has 4 nitrogen and oxygen atoms in total. The Balaban J connectivity index is 1.45. The first-order valence-electron chi connectivity index (χ1n) is 9.84. The van der Waals surface area contributed by atoms with Crippen LogP contribution in [-0.4, -0.2) is 23.2 Å². The summed E-state index contributed by atoms with van der Waals surface area (Å²) in [6, 6.07) is 6.47. The zero-order valence-electron chi connectivity index (χ0n) is 16.0. The lowest BCUT2D eigenvalue weighted by atomic mass is 9.87. The van der Waals surface area contributed by atoms with Crippen LogP contribution in [0.3, 0.4) is 0 Å². The van der Waals surface area contributed by atoms with Crippen LogP contribution in [-0.2, 0) is 12.8 Å². The molecule has 2 aromatic rings. The van der Waals surface area contributed by atoms with Gasteiger partial charge in [0.05, 0.1) is 18.9 Å². The second kappa shape index (κ2) is 7.26. The van der Waals surface area contributed by atoms with E-state index in [2.05, 4.69) is 44.0 Å². The number of nitrogens with zero attached hydrogens (tertiary/aromatic N) is 2. The van der Waals surface area contributed by atoms with Crippen molar-refractivity contribution in [3.8, 4) is 11.6 Å². The van der Waals surface area contributed by atoms with Crippen molar-refractivity contribution >= 4 is 0 Å². The molecule has 0 aromatic carbocycles. The Morgan fingerprint density at radius 3 is 2.92 bits per heavy atom. The molecule has 2 unspecified atom stereocenters. The Labute approximate surface area is 156 Å². The standard InChI is InChI=1S/C22H28N2O2/c1-14(2)19-6-7-21-20(24-19)10-16(13-26-21)9-15(3)18-11-17-5-4-8-25-22(17)23-12-18/h6-7,11-12,14-16H,4-5,8-10,13H2,1-3H3. The van der Waals surface area contributed by atoms with Crippen molar-refractivity contribution in [1.82, 2.24) is 9.97 Å². The van der Waals surface area contributed by atoms with Crippen molar-refractivity contribution in [3.63, 3.8) is 0 Å². The second-order valence-corrected chi connectivity index (χ2v) is 8.04. The molecule has 0 fully saturated rings. The Bertz CT molecular complexity index is 788. The van der Waals surface area contributed by atoms with Crippen LogP contribution in [0, 0.1) is 5.92 Å². The monoisotopic (exact) mass is 352 g/mol. The van der Waals surface area contributed by atoms with Gasteiger partial charge < -0.3 is 9.47 Å². The van der Waals surface area contributed by atoms with E-state index in [0.717, 1.165) is 61.9 Å². The summed E-state index contributed by atoms with van der Waals surface area (Å²) in [5.74, 6) is 3.19. The largest absolute Gasteiger partial charge is 0.491 e. The van der Waals surface area contributed by atoms with E-state index in [1.807, 2.05) is 6.20 Å². The Kier molecular flexibility index (Phi) is 4.84. The minimum Gasteiger partial charge on any atom is -0.491 e. The van der Waals surface area contributed by atoms with Crippen LogP contribution in [0.2, 0.25) is 0 Å². The predicted octanol–water partition coefficient (Wildman–Crippen LogP) is 4.67. The topological polar surface area (TPSA) is 44.2 Å². The summed E-state index contributed by atoms with van der Waals surface area (Å²) in [6.45, 7) is 8.23. The van der Waals surface area contributed by atoms with Gasteiger partial charge in [-0.15, -0.1) is 0 Å². The van der Waals surface area contributed by atoms with E-state index in [0.29, 0.717) is 17.8 Å². The first-order chi connectivity index (χ1) is 12.6. The molecule has 0 saturated carbocycles. The number of hydrogen-bond acceptors (Lipinski definition) is 4. The maximum Gasteiger partial charge on any atom is 0.216 e. The SMILES string of the molecule is CC(C)c1ccc2c(n1)CC(CC(C)c1cnc3c(c1)CCCO3)CO2. The number of fused-ring (bicyclic) bond motifs is 2. The highest BCUT2D eigenvalue weighted by atomic mass is 16.5. The quantitative estimate of drug-likeness (QED) is 0.802. The minimum atomic E-state index is 0.448. The molecule has 0 aliphatic carbocycles. The van der Waals surface area contributed by atoms with Gasteiger partial charge in [0.25, 0.3) is 0 Å². The zero-order chi connectivity index (χ0) is 18.1. The molecule has 0 bridgehead atoms. The molecule has 0 amide bonds. The molecule has 2 aliphatic heterocycles. The predicted molar refractivity (Wildman–Crippen MR) is 102 cm³/mol. The van der Waals surface area contributed by atoms with E-state index in [-0.39, 0.29) is 0 Å². The van der Waals surface area contributed by atoms with Gasteiger partial charge in [0, 0.05) is 17.5 Å².